The number of nitrogens with zero attached hydrogens (tertiary/aromatic N) is 1. The lowest BCUT2D eigenvalue weighted by atomic mass is 9.88. The first-order valence-electron chi connectivity index (χ1n) is 11.4. The molecule has 0 aliphatic heterocycles. The summed E-state index contributed by atoms with van der Waals surface area (Å²) in [5.41, 5.74) is 4.93. The Kier molecular flexibility index (Phi) is 9.80. The highest BCUT2D eigenvalue weighted by Crippen LogP contribution is 2.38. The van der Waals surface area contributed by atoms with E-state index in [1.165, 1.54) is 48.8 Å². The Labute approximate surface area is 178 Å². The van der Waals surface area contributed by atoms with Crippen molar-refractivity contribution in [1.29, 1.82) is 5.26 Å². The van der Waals surface area contributed by atoms with E-state index in [2.05, 4.69) is 69.2 Å². The van der Waals surface area contributed by atoms with Crippen LogP contribution >= 0.6 is 0 Å². The first-order chi connectivity index (χ1) is 14.0. The molecule has 3 atom stereocenters. The highest BCUT2D eigenvalue weighted by Gasteiger charge is 2.28. The molecule has 1 aliphatic rings. The first-order valence-corrected chi connectivity index (χ1v) is 11.4. The lowest BCUT2D eigenvalue weighted by Crippen LogP contribution is -2.08. The molecule has 1 fully saturated rings. The van der Waals surface area contributed by atoms with Crippen LogP contribution in [-0.2, 0) is 12.8 Å². The summed E-state index contributed by atoms with van der Waals surface area (Å²) in [6.45, 7) is 12.5. The van der Waals surface area contributed by atoms with E-state index in [1.54, 1.807) is 0 Å². The summed E-state index contributed by atoms with van der Waals surface area (Å²) >= 11 is 0. The van der Waals surface area contributed by atoms with Crippen molar-refractivity contribution >= 4 is 0 Å². The van der Waals surface area contributed by atoms with E-state index in [0.29, 0.717) is 23.3 Å². The maximum atomic E-state index is 8.76. The SMILES string of the molecule is C=C(C#N)CCCCCCC1C(=C)CCC1C#CC(C)Cc1cccc(CC)c1. The van der Waals surface area contributed by atoms with Crippen LogP contribution in [0, 0.1) is 40.9 Å². The molecule has 0 bridgehead atoms. The molecular weight excluding hydrogens is 350 g/mol. The zero-order chi connectivity index (χ0) is 21.1. The first kappa shape index (κ1) is 23.0. The average molecular weight is 388 g/mol. The van der Waals surface area contributed by atoms with Gasteiger partial charge in [0.05, 0.1) is 6.07 Å². The van der Waals surface area contributed by atoms with E-state index in [4.69, 9.17) is 5.26 Å². The van der Waals surface area contributed by atoms with E-state index >= 15 is 0 Å². The molecule has 1 aromatic carbocycles. The standard InChI is InChI=1S/C28H37N/c1-5-25-12-10-13-26(20-25)19-22(2)15-17-27-18-16-24(4)28(27)14-9-7-6-8-11-23(3)21-29/h10,12-13,20,22,27-28H,3-9,11,14,16,18-19H2,1-2H3. The third-order valence-electron chi connectivity index (χ3n) is 6.14. The number of unbranched alkanes of at least 4 members (excludes halogenated alkanes) is 3. The molecule has 2 rings (SSSR count). The highest BCUT2D eigenvalue weighted by atomic mass is 14.3. The maximum absolute atomic E-state index is 8.76. The van der Waals surface area contributed by atoms with Crippen LogP contribution < -0.4 is 0 Å². The van der Waals surface area contributed by atoms with Crippen LogP contribution in [0.3, 0.4) is 0 Å². The molecular formula is C28H37N. The molecule has 154 valence electrons. The zero-order valence-electron chi connectivity index (χ0n) is 18.5. The van der Waals surface area contributed by atoms with Gasteiger partial charge in [-0.05, 0) is 62.0 Å². The predicted molar refractivity (Wildman–Crippen MR) is 124 cm³/mol. The summed E-state index contributed by atoms with van der Waals surface area (Å²) in [4.78, 5) is 0. The minimum Gasteiger partial charge on any atom is -0.193 e. The van der Waals surface area contributed by atoms with Crippen LogP contribution in [0.4, 0.5) is 0 Å². The largest absolute Gasteiger partial charge is 0.193 e. The number of rotatable bonds is 10. The molecule has 29 heavy (non-hydrogen) atoms. The third kappa shape index (κ3) is 7.95. The molecule has 0 amide bonds. The molecule has 0 N–H and O–H groups in total. The summed E-state index contributed by atoms with van der Waals surface area (Å²) < 4.78 is 0. The van der Waals surface area contributed by atoms with Gasteiger partial charge in [0.1, 0.15) is 0 Å². The van der Waals surface area contributed by atoms with Crippen molar-refractivity contribution in [1.82, 2.24) is 0 Å². The Morgan fingerprint density at radius 2 is 1.97 bits per heavy atom. The lowest BCUT2D eigenvalue weighted by molar-refractivity contribution is 0.455. The van der Waals surface area contributed by atoms with Crippen LogP contribution in [0.2, 0.25) is 0 Å². The van der Waals surface area contributed by atoms with Crippen LogP contribution in [0.25, 0.3) is 0 Å². The van der Waals surface area contributed by atoms with Crippen molar-refractivity contribution in [3.63, 3.8) is 0 Å². The quantitative estimate of drug-likeness (QED) is 0.177. The monoisotopic (exact) mass is 387 g/mol. The summed E-state index contributed by atoms with van der Waals surface area (Å²) in [6.07, 6.45) is 11.2. The fourth-order valence-corrected chi connectivity index (χ4v) is 4.33. The molecule has 1 heteroatoms. The van der Waals surface area contributed by atoms with Gasteiger partial charge in [-0.1, -0.05) is 87.9 Å². The minimum absolute atomic E-state index is 0.393. The van der Waals surface area contributed by atoms with Crippen LogP contribution in [0.1, 0.15) is 76.3 Å². The van der Waals surface area contributed by atoms with Crippen LogP contribution in [0.5, 0.6) is 0 Å². The molecule has 1 nitrogen and oxygen atoms in total. The summed E-state index contributed by atoms with van der Waals surface area (Å²) in [5, 5.41) is 8.76. The average Bonchev–Trinajstić information content (AvgIpc) is 3.08. The Hall–Kier alpha value is -2.25. The Balaban J connectivity index is 1.79. The topological polar surface area (TPSA) is 23.8 Å². The second kappa shape index (κ2) is 12.3. The van der Waals surface area contributed by atoms with Gasteiger partial charge < -0.3 is 0 Å². The van der Waals surface area contributed by atoms with Gasteiger partial charge in [0, 0.05) is 17.4 Å². The second-order valence-electron chi connectivity index (χ2n) is 8.65. The van der Waals surface area contributed by atoms with Crippen molar-refractivity contribution in [2.24, 2.45) is 17.8 Å². The summed E-state index contributed by atoms with van der Waals surface area (Å²) in [7, 11) is 0. The summed E-state index contributed by atoms with van der Waals surface area (Å²) in [5.74, 6) is 8.65. The second-order valence-corrected chi connectivity index (χ2v) is 8.65. The fraction of sp³-hybridized carbons (Fsp3) is 0.536. The number of benzene rings is 1. The normalized spacial score (nSPS) is 19.3. The van der Waals surface area contributed by atoms with Crippen LogP contribution in [-0.4, -0.2) is 0 Å². The Morgan fingerprint density at radius 1 is 1.21 bits per heavy atom. The van der Waals surface area contributed by atoms with Gasteiger partial charge in [-0.3, -0.25) is 0 Å². The molecule has 0 radical (unpaired) electrons. The predicted octanol–water partition coefficient (Wildman–Crippen LogP) is 7.43. The zero-order valence-corrected chi connectivity index (χ0v) is 18.5. The van der Waals surface area contributed by atoms with E-state index in [1.807, 2.05) is 0 Å². The Morgan fingerprint density at radius 3 is 2.72 bits per heavy atom. The Bertz CT molecular complexity index is 783. The van der Waals surface area contributed by atoms with Gasteiger partial charge in [-0.15, -0.1) is 0 Å². The molecule has 1 aliphatic carbocycles. The van der Waals surface area contributed by atoms with Gasteiger partial charge in [-0.25, -0.2) is 0 Å². The van der Waals surface area contributed by atoms with E-state index < -0.39 is 0 Å². The molecule has 0 heterocycles. The van der Waals surface area contributed by atoms with Gasteiger partial charge in [0.15, 0.2) is 0 Å². The van der Waals surface area contributed by atoms with Crippen molar-refractivity contribution in [3.05, 3.63) is 59.7 Å². The highest BCUT2D eigenvalue weighted by molar-refractivity contribution is 5.26. The number of hydrogen-bond acceptors (Lipinski definition) is 1. The van der Waals surface area contributed by atoms with Gasteiger partial charge >= 0.3 is 0 Å². The van der Waals surface area contributed by atoms with Gasteiger partial charge in [0.2, 0.25) is 0 Å². The fourth-order valence-electron chi connectivity index (χ4n) is 4.33. The number of hydrogen-bond donors (Lipinski definition) is 0. The smallest absolute Gasteiger partial charge is 0.0940 e. The molecule has 0 spiro atoms. The number of aryl methyl sites for hydroxylation is 1. The van der Waals surface area contributed by atoms with E-state index in [-0.39, 0.29) is 0 Å². The molecule has 0 saturated heterocycles. The van der Waals surface area contributed by atoms with Crippen molar-refractivity contribution in [2.45, 2.75) is 78.1 Å². The van der Waals surface area contributed by atoms with E-state index in [9.17, 15) is 0 Å². The minimum atomic E-state index is 0.393. The van der Waals surface area contributed by atoms with Gasteiger partial charge in [0.25, 0.3) is 0 Å². The van der Waals surface area contributed by atoms with E-state index in [0.717, 1.165) is 32.1 Å². The van der Waals surface area contributed by atoms with Crippen molar-refractivity contribution in [2.75, 3.05) is 0 Å². The molecule has 1 saturated carbocycles. The molecule has 1 aromatic rings. The van der Waals surface area contributed by atoms with Gasteiger partial charge in [-0.2, -0.15) is 5.26 Å². The summed E-state index contributed by atoms with van der Waals surface area (Å²) in [6, 6.07) is 11.1. The molecule has 3 unspecified atom stereocenters. The van der Waals surface area contributed by atoms with Crippen molar-refractivity contribution in [3.8, 4) is 17.9 Å². The third-order valence-corrected chi connectivity index (χ3v) is 6.14. The lowest BCUT2D eigenvalue weighted by Gasteiger charge is -2.16. The number of allylic oxidation sites excluding steroid dienone is 2. The maximum Gasteiger partial charge on any atom is 0.0940 e. The van der Waals surface area contributed by atoms with Crippen LogP contribution in [0.15, 0.2) is 48.6 Å². The molecule has 0 aromatic heterocycles. The number of nitriles is 1. The van der Waals surface area contributed by atoms with Crippen molar-refractivity contribution < 1.29 is 0 Å².